The van der Waals surface area contributed by atoms with Gasteiger partial charge in [0.2, 0.25) is 0 Å². The highest BCUT2D eigenvalue weighted by molar-refractivity contribution is 9.10. The van der Waals surface area contributed by atoms with Crippen LogP contribution in [0.15, 0.2) is 59.1 Å². The van der Waals surface area contributed by atoms with Gasteiger partial charge in [0.15, 0.2) is 5.78 Å². The molecule has 0 spiro atoms. The molecule has 2 aromatic carbocycles. The SMILES string of the molecule is O=C(c1ccc(Br)cc1)C(CO)c1ccccc1. The summed E-state index contributed by atoms with van der Waals surface area (Å²) in [6.07, 6.45) is 0. The zero-order valence-corrected chi connectivity index (χ0v) is 11.3. The summed E-state index contributed by atoms with van der Waals surface area (Å²) in [5, 5.41) is 9.44. The van der Waals surface area contributed by atoms with Crippen LogP contribution in [0, 0.1) is 0 Å². The molecule has 0 aliphatic rings. The van der Waals surface area contributed by atoms with E-state index in [9.17, 15) is 9.90 Å². The first-order valence-corrected chi connectivity index (χ1v) is 6.47. The number of carbonyl (C=O) groups excluding carboxylic acids is 1. The van der Waals surface area contributed by atoms with Gasteiger partial charge < -0.3 is 5.11 Å². The van der Waals surface area contributed by atoms with Crippen LogP contribution in [0.4, 0.5) is 0 Å². The number of aliphatic hydroxyl groups is 1. The summed E-state index contributed by atoms with van der Waals surface area (Å²) in [7, 11) is 0. The number of aliphatic hydroxyl groups excluding tert-OH is 1. The van der Waals surface area contributed by atoms with Crippen LogP contribution in [-0.4, -0.2) is 17.5 Å². The molecule has 1 N–H and O–H groups in total. The van der Waals surface area contributed by atoms with Gasteiger partial charge in [-0.3, -0.25) is 4.79 Å². The second-order valence-electron chi connectivity index (χ2n) is 4.02. The van der Waals surface area contributed by atoms with Crippen molar-refractivity contribution in [3.63, 3.8) is 0 Å². The summed E-state index contributed by atoms with van der Waals surface area (Å²) in [6, 6.07) is 16.5. The maximum atomic E-state index is 12.3. The van der Waals surface area contributed by atoms with Crippen molar-refractivity contribution in [2.45, 2.75) is 5.92 Å². The van der Waals surface area contributed by atoms with Crippen molar-refractivity contribution in [1.29, 1.82) is 0 Å². The predicted octanol–water partition coefficient (Wildman–Crippen LogP) is 3.41. The molecular formula is C15H13BrO2. The van der Waals surface area contributed by atoms with E-state index in [1.54, 1.807) is 12.1 Å². The Labute approximate surface area is 114 Å². The molecule has 1 atom stereocenters. The molecule has 0 heterocycles. The van der Waals surface area contributed by atoms with Crippen LogP contribution in [0.1, 0.15) is 21.8 Å². The van der Waals surface area contributed by atoms with Crippen LogP contribution in [-0.2, 0) is 0 Å². The standard InChI is InChI=1S/C15H13BrO2/c16-13-8-6-12(7-9-13)15(18)14(10-17)11-4-2-1-3-5-11/h1-9,14,17H,10H2. The number of Topliss-reactive ketones (excluding diaryl/α,β-unsaturated/α-hetero) is 1. The molecule has 0 aliphatic carbocycles. The molecule has 0 saturated carbocycles. The van der Waals surface area contributed by atoms with Crippen molar-refractivity contribution in [2.24, 2.45) is 0 Å². The van der Waals surface area contributed by atoms with E-state index in [-0.39, 0.29) is 12.4 Å². The fourth-order valence-electron chi connectivity index (χ4n) is 1.84. The quantitative estimate of drug-likeness (QED) is 0.879. The van der Waals surface area contributed by atoms with Crippen molar-refractivity contribution >= 4 is 21.7 Å². The minimum atomic E-state index is -0.493. The Morgan fingerprint density at radius 2 is 1.67 bits per heavy atom. The molecule has 2 rings (SSSR count). The van der Waals surface area contributed by atoms with Crippen molar-refractivity contribution < 1.29 is 9.90 Å². The van der Waals surface area contributed by atoms with Crippen molar-refractivity contribution in [2.75, 3.05) is 6.61 Å². The molecule has 18 heavy (non-hydrogen) atoms. The lowest BCUT2D eigenvalue weighted by Gasteiger charge is -2.13. The molecule has 0 bridgehead atoms. The summed E-state index contributed by atoms with van der Waals surface area (Å²) in [5.41, 5.74) is 1.45. The minimum absolute atomic E-state index is 0.0591. The van der Waals surface area contributed by atoms with E-state index in [0.29, 0.717) is 5.56 Å². The van der Waals surface area contributed by atoms with Gasteiger partial charge >= 0.3 is 0 Å². The average Bonchev–Trinajstić information content (AvgIpc) is 2.41. The van der Waals surface area contributed by atoms with Gasteiger partial charge in [0.25, 0.3) is 0 Å². The minimum Gasteiger partial charge on any atom is -0.395 e. The van der Waals surface area contributed by atoms with E-state index in [2.05, 4.69) is 15.9 Å². The maximum Gasteiger partial charge on any atom is 0.172 e. The number of hydrogen-bond acceptors (Lipinski definition) is 2. The number of halogens is 1. The first-order chi connectivity index (χ1) is 8.72. The third-order valence-corrected chi connectivity index (χ3v) is 3.36. The average molecular weight is 305 g/mol. The molecular weight excluding hydrogens is 292 g/mol. The van der Waals surface area contributed by atoms with Crippen LogP contribution in [0.2, 0.25) is 0 Å². The number of benzene rings is 2. The summed E-state index contributed by atoms with van der Waals surface area (Å²) < 4.78 is 0.930. The van der Waals surface area contributed by atoms with Gasteiger partial charge in [-0.15, -0.1) is 0 Å². The molecule has 0 fully saturated rings. The Hall–Kier alpha value is -1.45. The van der Waals surface area contributed by atoms with Gasteiger partial charge in [0, 0.05) is 10.0 Å². The molecule has 0 saturated heterocycles. The number of rotatable bonds is 4. The normalized spacial score (nSPS) is 12.1. The third-order valence-electron chi connectivity index (χ3n) is 2.83. The van der Waals surface area contributed by atoms with E-state index in [1.807, 2.05) is 42.5 Å². The Balaban J connectivity index is 2.28. The molecule has 3 heteroatoms. The Bertz CT molecular complexity index is 520. The lowest BCUT2D eigenvalue weighted by molar-refractivity contribution is 0.0922. The fraction of sp³-hybridized carbons (Fsp3) is 0.133. The molecule has 92 valence electrons. The topological polar surface area (TPSA) is 37.3 Å². The highest BCUT2D eigenvalue weighted by Gasteiger charge is 2.20. The molecule has 0 radical (unpaired) electrons. The van der Waals surface area contributed by atoms with E-state index in [1.165, 1.54) is 0 Å². The summed E-state index contributed by atoms with van der Waals surface area (Å²) >= 11 is 3.33. The number of ketones is 1. The van der Waals surface area contributed by atoms with Crippen molar-refractivity contribution in [3.8, 4) is 0 Å². The second-order valence-corrected chi connectivity index (χ2v) is 4.93. The smallest absolute Gasteiger partial charge is 0.172 e. The van der Waals surface area contributed by atoms with E-state index < -0.39 is 5.92 Å². The summed E-state index contributed by atoms with van der Waals surface area (Å²) in [5.74, 6) is -0.552. The molecule has 2 nitrogen and oxygen atoms in total. The van der Waals surface area contributed by atoms with Gasteiger partial charge in [-0.1, -0.05) is 58.4 Å². The summed E-state index contributed by atoms with van der Waals surface area (Å²) in [6.45, 7) is -0.182. The number of carbonyl (C=O) groups is 1. The van der Waals surface area contributed by atoms with Gasteiger partial charge in [-0.05, 0) is 17.7 Å². The van der Waals surface area contributed by atoms with Gasteiger partial charge in [0.05, 0.1) is 12.5 Å². The highest BCUT2D eigenvalue weighted by atomic mass is 79.9. The maximum absolute atomic E-state index is 12.3. The van der Waals surface area contributed by atoms with Crippen LogP contribution < -0.4 is 0 Å². The van der Waals surface area contributed by atoms with Gasteiger partial charge in [-0.2, -0.15) is 0 Å². The predicted molar refractivity (Wildman–Crippen MR) is 74.7 cm³/mol. The largest absolute Gasteiger partial charge is 0.395 e. The monoisotopic (exact) mass is 304 g/mol. The van der Waals surface area contributed by atoms with E-state index in [0.717, 1.165) is 10.0 Å². The van der Waals surface area contributed by atoms with Crippen LogP contribution >= 0.6 is 15.9 Å². The Kier molecular flexibility index (Phi) is 4.28. The van der Waals surface area contributed by atoms with Gasteiger partial charge in [-0.25, -0.2) is 0 Å². The zero-order chi connectivity index (χ0) is 13.0. The van der Waals surface area contributed by atoms with Crippen LogP contribution in [0.5, 0.6) is 0 Å². The molecule has 1 unspecified atom stereocenters. The van der Waals surface area contributed by atoms with Crippen molar-refractivity contribution in [3.05, 3.63) is 70.2 Å². The molecule has 0 aromatic heterocycles. The van der Waals surface area contributed by atoms with Crippen LogP contribution in [0.3, 0.4) is 0 Å². The van der Waals surface area contributed by atoms with Crippen LogP contribution in [0.25, 0.3) is 0 Å². The lowest BCUT2D eigenvalue weighted by Crippen LogP contribution is -2.16. The number of hydrogen-bond donors (Lipinski definition) is 1. The van der Waals surface area contributed by atoms with E-state index in [4.69, 9.17) is 0 Å². The molecule has 2 aromatic rings. The Morgan fingerprint density at radius 3 is 2.22 bits per heavy atom. The molecule has 0 amide bonds. The molecule has 0 aliphatic heterocycles. The first kappa shape index (κ1) is 13.0. The highest BCUT2D eigenvalue weighted by Crippen LogP contribution is 2.21. The van der Waals surface area contributed by atoms with Gasteiger partial charge in [0.1, 0.15) is 0 Å². The summed E-state index contributed by atoms with van der Waals surface area (Å²) in [4.78, 5) is 12.3. The lowest BCUT2D eigenvalue weighted by atomic mass is 9.91. The third kappa shape index (κ3) is 2.86. The first-order valence-electron chi connectivity index (χ1n) is 5.68. The van der Waals surface area contributed by atoms with Crippen molar-refractivity contribution in [1.82, 2.24) is 0 Å². The Morgan fingerprint density at radius 1 is 1.06 bits per heavy atom. The van der Waals surface area contributed by atoms with E-state index >= 15 is 0 Å². The zero-order valence-electron chi connectivity index (χ0n) is 9.71. The fourth-order valence-corrected chi connectivity index (χ4v) is 2.10. The second kappa shape index (κ2) is 5.94.